The maximum absolute atomic E-state index is 11.0. The quantitative estimate of drug-likeness (QED) is 0.535. The molecule has 4 nitrogen and oxygen atoms in total. The smallest absolute Gasteiger partial charge is 0.336 e. The summed E-state index contributed by atoms with van der Waals surface area (Å²) in [6, 6.07) is 2.03. The molecule has 2 atom stereocenters. The highest BCUT2D eigenvalue weighted by Crippen LogP contribution is 2.38. The van der Waals surface area contributed by atoms with E-state index in [-0.39, 0.29) is 0 Å². The molecule has 0 unspecified atom stereocenters. The summed E-state index contributed by atoms with van der Waals surface area (Å²) in [4.78, 5) is 11.0. The van der Waals surface area contributed by atoms with Gasteiger partial charge in [-0.3, -0.25) is 0 Å². The fourth-order valence-corrected chi connectivity index (χ4v) is 1.28. The average Bonchev–Trinajstić information content (AvgIpc) is 2.00. The van der Waals surface area contributed by atoms with Crippen molar-refractivity contribution in [2.75, 3.05) is 7.11 Å². The van der Waals surface area contributed by atoms with Crippen molar-refractivity contribution in [1.29, 1.82) is 5.26 Å². The lowest BCUT2D eigenvalue weighted by Gasteiger charge is -2.45. The van der Waals surface area contributed by atoms with E-state index in [2.05, 4.69) is 4.74 Å². The van der Waals surface area contributed by atoms with E-state index in [9.17, 15) is 4.79 Å². The summed E-state index contributed by atoms with van der Waals surface area (Å²) >= 11 is 0. The van der Waals surface area contributed by atoms with Gasteiger partial charge in [-0.2, -0.15) is 5.26 Å². The molecule has 0 bridgehead atoms. The molecule has 1 rings (SSSR count). The van der Waals surface area contributed by atoms with Crippen LogP contribution >= 0.6 is 0 Å². The summed E-state index contributed by atoms with van der Waals surface area (Å²) in [6.45, 7) is 3.56. The Bertz CT molecular complexity index is 241. The van der Waals surface area contributed by atoms with Gasteiger partial charge in [-0.1, -0.05) is 0 Å². The normalized spacial score (nSPS) is 31.5. The van der Waals surface area contributed by atoms with Crippen molar-refractivity contribution in [2.24, 2.45) is 5.92 Å². The third-order valence-electron chi connectivity index (χ3n) is 2.06. The molecule has 0 aromatic heterocycles. The second kappa shape index (κ2) is 2.76. The van der Waals surface area contributed by atoms with Crippen LogP contribution in [0.4, 0.5) is 0 Å². The van der Waals surface area contributed by atoms with Crippen LogP contribution in [0.3, 0.4) is 0 Å². The van der Waals surface area contributed by atoms with Gasteiger partial charge in [0.1, 0.15) is 5.92 Å². The van der Waals surface area contributed by atoms with Gasteiger partial charge in [-0.15, -0.1) is 0 Å². The van der Waals surface area contributed by atoms with Crippen LogP contribution in [0.1, 0.15) is 13.8 Å². The molecule has 1 saturated heterocycles. The van der Waals surface area contributed by atoms with Crippen molar-refractivity contribution in [1.82, 2.24) is 0 Å². The SMILES string of the molecule is COC(=O)[C@@H]1OC(C)(C)[C@H]1C#N. The minimum atomic E-state index is -0.699. The van der Waals surface area contributed by atoms with E-state index < -0.39 is 23.6 Å². The van der Waals surface area contributed by atoms with Crippen LogP contribution in [0.5, 0.6) is 0 Å². The van der Waals surface area contributed by atoms with Crippen LogP contribution < -0.4 is 0 Å². The first kappa shape index (κ1) is 9.01. The molecule has 66 valence electrons. The summed E-state index contributed by atoms with van der Waals surface area (Å²) < 4.78 is 9.65. The Kier molecular flexibility index (Phi) is 2.07. The second-order valence-electron chi connectivity index (χ2n) is 3.27. The van der Waals surface area contributed by atoms with E-state index in [4.69, 9.17) is 10.00 Å². The van der Waals surface area contributed by atoms with E-state index in [1.165, 1.54) is 7.11 Å². The van der Waals surface area contributed by atoms with E-state index in [0.717, 1.165) is 0 Å². The van der Waals surface area contributed by atoms with Crippen molar-refractivity contribution >= 4 is 5.97 Å². The van der Waals surface area contributed by atoms with Gasteiger partial charge in [-0.25, -0.2) is 4.79 Å². The van der Waals surface area contributed by atoms with Crippen molar-refractivity contribution in [2.45, 2.75) is 25.6 Å². The first-order valence-electron chi connectivity index (χ1n) is 3.68. The summed E-state index contributed by atoms with van der Waals surface area (Å²) in [6.07, 6.45) is -0.699. The largest absolute Gasteiger partial charge is 0.467 e. The molecule has 1 fully saturated rings. The maximum Gasteiger partial charge on any atom is 0.336 e. The number of rotatable bonds is 1. The average molecular weight is 169 g/mol. The van der Waals surface area contributed by atoms with Crippen molar-refractivity contribution in [3.05, 3.63) is 0 Å². The number of nitrogens with zero attached hydrogens (tertiary/aromatic N) is 1. The number of esters is 1. The predicted octanol–water partition coefficient (Wildman–Crippen LogP) is 0.477. The highest BCUT2D eigenvalue weighted by molar-refractivity contribution is 5.77. The molecule has 12 heavy (non-hydrogen) atoms. The lowest BCUT2D eigenvalue weighted by Crippen LogP contribution is -2.59. The molecule has 0 aliphatic carbocycles. The van der Waals surface area contributed by atoms with E-state index in [1.54, 1.807) is 13.8 Å². The van der Waals surface area contributed by atoms with Crippen LogP contribution in [-0.4, -0.2) is 24.8 Å². The van der Waals surface area contributed by atoms with Crippen LogP contribution in [0.25, 0.3) is 0 Å². The van der Waals surface area contributed by atoms with Crippen LogP contribution in [0, 0.1) is 17.2 Å². The zero-order chi connectivity index (χ0) is 9.35. The zero-order valence-electron chi connectivity index (χ0n) is 7.33. The first-order chi connectivity index (χ1) is 5.53. The molecule has 0 aromatic rings. The lowest BCUT2D eigenvalue weighted by molar-refractivity contribution is -0.231. The summed E-state index contributed by atoms with van der Waals surface area (Å²) in [5.41, 5.74) is -0.520. The topological polar surface area (TPSA) is 59.3 Å². The van der Waals surface area contributed by atoms with Crippen LogP contribution in [0.15, 0.2) is 0 Å². The molecule has 0 aromatic carbocycles. The molecule has 0 spiro atoms. The molecule has 0 saturated carbocycles. The summed E-state index contributed by atoms with van der Waals surface area (Å²) in [7, 11) is 1.28. The molecule has 0 amide bonds. The summed E-state index contributed by atoms with van der Waals surface area (Å²) in [5.74, 6) is -0.870. The van der Waals surface area contributed by atoms with Gasteiger partial charge in [0.05, 0.1) is 18.8 Å². The molecule has 1 aliphatic rings. The predicted molar refractivity (Wildman–Crippen MR) is 40.1 cm³/mol. The van der Waals surface area contributed by atoms with Gasteiger partial charge in [0.15, 0.2) is 6.10 Å². The molecule has 4 heteroatoms. The highest BCUT2D eigenvalue weighted by Gasteiger charge is 2.53. The fourth-order valence-electron chi connectivity index (χ4n) is 1.28. The fraction of sp³-hybridized carbons (Fsp3) is 0.750. The molecule has 1 heterocycles. The Morgan fingerprint density at radius 3 is 2.58 bits per heavy atom. The van der Waals surface area contributed by atoms with Gasteiger partial charge in [0.2, 0.25) is 0 Å². The summed E-state index contributed by atoms with van der Waals surface area (Å²) in [5, 5.41) is 8.70. The number of ether oxygens (including phenoxy) is 2. The number of carbonyl (C=O) groups is 1. The van der Waals surface area contributed by atoms with Crippen molar-refractivity contribution in [3.63, 3.8) is 0 Å². The van der Waals surface area contributed by atoms with Crippen molar-refractivity contribution in [3.8, 4) is 6.07 Å². The Labute approximate surface area is 71.1 Å². The molecule has 1 aliphatic heterocycles. The van der Waals surface area contributed by atoms with Crippen LogP contribution in [-0.2, 0) is 14.3 Å². The number of hydrogen-bond donors (Lipinski definition) is 0. The zero-order valence-corrected chi connectivity index (χ0v) is 7.33. The number of nitriles is 1. The van der Waals surface area contributed by atoms with Crippen LogP contribution in [0.2, 0.25) is 0 Å². The lowest BCUT2D eigenvalue weighted by atomic mass is 9.80. The highest BCUT2D eigenvalue weighted by atomic mass is 16.6. The van der Waals surface area contributed by atoms with E-state index in [0.29, 0.717) is 0 Å². The molecule has 0 radical (unpaired) electrons. The second-order valence-corrected chi connectivity index (χ2v) is 3.27. The van der Waals surface area contributed by atoms with Gasteiger partial charge in [-0.05, 0) is 13.8 Å². The third-order valence-corrected chi connectivity index (χ3v) is 2.06. The number of carbonyl (C=O) groups excluding carboxylic acids is 1. The standard InChI is InChI=1S/C8H11NO3/c1-8(2)5(4-9)6(12-8)7(10)11-3/h5-6H,1-3H3/t5-,6+/m0/s1. The minimum Gasteiger partial charge on any atom is -0.467 e. The monoisotopic (exact) mass is 169 g/mol. The molecular formula is C8H11NO3. The molecular weight excluding hydrogens is 158 g/mol. The minimum absolute atomic E-state index is 0.398. The van der Waals surface area contributed by atoms with Crippen molar-refractivity contribution < 1.29 is 14.3 Å². The Balaban J connectivity index is 2.66. The van der Waals surface area contributed by atoms with Gasteiger partial charge < -0.3 is 9.47 Å². The van der Waals surface area contributed by atoms with E-state index >= 15 is 0 Å². The van der Waals surface area contributed by atoms with Gasteiger partial charge in [0, 0.05) is 0 Å². The Hall–Kier alpha value is -1.08. The number of hydrogen-bond acceptors (Lipinski definition) is 4. The van der Waals surface area contributed by atoms with Gasteiger partial charge in [0.25, 0.3) is 0 Å². The third kappa shape index (κ3) is 1.16. The Morgan fingerprint density at radius 1 is 1.67 bits per heavy atom. The van der Waals surface area contributed by atoms with Gasteiger partial charge >= 0.3 is 5.97 Å². The maximum atomic E-state index is 11.0. The molecule has 0 N–H and O–H groups in total. The Morgan fingerprint density at radius 2 is 2.25 bits per heavy atom. The van der Waals surface area contributed by atoms with E-state index in [1.807, 2.05) is 6.07 Å². The number of methoxy groups -OCH3 is 1. The first-order valence-corrected chi connectivity index (χ1v) is 3.68.